The quantitative estimate of drug-likeness (QED) is 0.311. The first-order valence-electron chi connectivity index (χ1n) is 12.6. The zero-order valence-electron chi connectivity index (χ0n) is 21.1. The number of anilines is 1. The molecule has 5 rings (SSSR count). The van der Waals surface area contributed by atoms with Crippen molar-refractivity contribution in [2.75, 3.05) is 5.32 Å². The lowest BCUT2D eigenvalue weighted by Crippen LogP contribution is -2.50. The Morgan fingerprint density at radius 2 is 1.85 bits per heavy atom. The number of hydrogen-bond donors (Lipinski definition) is 2. The predicted octanol–water partition coefficient (Wildman–Crippen LogP) is 2.54. The van der Waals surface area contributed by atoms with Crippen molar-refractivity contribution >= 4 is 17.5 Å². The number of nitrogens with one attached hydrogen (secondary N) is 2. The molecule has 0 radical (unpaired) electrons. The van der Waals surface area contributed by atoms with Crippen molar-refractivity contribution in [2.45, 2.75) is 70.3 Å². The van der Waals surface area contributed by atoms with Gasteiger partial charge >= 0.3 is 6.18 Å². The number of carbonyl (C=O) groups excluding carboxylic acids is 2. The van der Waals surface area contributed by atoms with Crippen LogP contribution < -0.4 is 10.6 Å². The second kappa shape index (κ2) is 10.9. The van der Waals surface area contributed by atoms with E-state index in [1.165, 1.54) is 19.3 Å². The summed E-state index contributed by atoms with van der Waals surface area (Å²) in [4.78, 5) is 26.4. The minimum atomic E-state index is -4.69. The van der Waals surface area contributed by atoms with Gasteiger partial charge in [0.1, 0.15) is 24.3 Å². The van der Waals surface area contributed by atoms with E-state index in [0.29, 0.717) is 4.68 Å². The number of aromatic nitrogens is 8. The number of amides is 2. The van der Waals surface area contributed by atoms with Gasteiger partial charge < -0.3 is 10.6 Å². The first-order valence-corrected chi connectivity index (χ1v) is 12.6. The Morgan fingerprint density at radius 1 is 1.15 bits per heavy atom. The van der Waals surface area contributed by atoms with Crippen LogP contribution in [0.4, 0.5) is 27.6 Å². The average Bonchev–Trinajstić information content (AvgIpc) is 3.75. The summed E-state index contributed by atoms with van der Waals surface area (Å²) in [5.41, 5.74) is 0.288. The number of tetrazole rings is 1. The zero-order valence-corrected chi connectivity index (χ0v) is 21.1. The molecule has 2 amide bonds. The molecule has 0 aliphatic heterocycles. The molecule has 216 valence electrons. The van der Waals surface area contributed by atoms with Crippen LogP contribution in [-0.2, 0) is 11.3 Å². The van der Waals surface area contributed by atoms with Crippen molar-refractivity contribution in [3.05, 3.63) is 29.6 Å². The predicted molar refractivity (Wildman–Crippen MR) is 123 cm³/mol. The first kappa shape index (κ1) is 27.6. The van der Waals surface area contributed by atoms with Crippen LogP contribution in [0, 0.1) is 24.7 Å². The van der Waals surface area contributed by atoms with Gasteiger partial charge in [0.25, 0.3) is 5.91 Å². The van der Waals surface area contributed by atoms with Crippen molar-refractivity contribution < 1.29 is 36.2 Å². The standard InChI is InChI=1S/C22H25F5N10O3/c1-10-17(33-40-32-10)20(38)30-18(16(11-2-3-11)12-4-5-12)21(39)29-13-7-28-36(8-13)14(6-15(23)24)19-31-34-35-37(19)9-22(25,26)27/h7-8,11-12,14-16,18H,2-6,9H2,1H3,(H,29,39)(H,30,38)/t14?,18-/m0/s1. The topological polar surface area (TPSA) is 159 Å². The van der Waals surface area contributed by atoms with Crippen LogP contribution in [0.2, 0.25) is 0 Å². The molecule has 3 aromatic heterocycles. The summed E-state index contributed by atoms with van der Waals surface area (Å²) in [5.74, 6) is -1.27. The molecule has 1 unspecified atom stereocenters. The van der Waals surface area contributed by atoms with Crippen LogP contribution in [0.15, 0.2) is 17.0 Å². The number of alkyl halides is 5. The van der Waals surface area contributed by atoms with Crippen LogP contribution >= 0.6 is 0 Å². The fourth-order valence-corrected chi connectivity index (χ4v) is 4.90. The third-order valence-electron chi connectivity index (χ3n) is 6.93. The highest BCUT2D eigenvalue weighted by atomic mass is 19.4. The SMILES string of the molecule is Cc1nonc1C(=O)N[C@H](C(=O)Nc1cnn(C(CC(F)F)c2nnnn2CC(F)(F)F)c1)C(C1CC1)C1CC1. The lowest BCUT2D eigenvalue weighted by Gasteiger charge is -2.27. The molecule has 0 spiro atoms. The van der Waals surface area contributed by atoms with Gasteiger partial charge in [-0.1, -0.05) is 5.16 Å². The van der Waals surface area contributed by atoms with E-state index in [9.17, 15) is 31.5 Å². The lowest BCUT2D eigenvalue weighted by molar-refractivity contribution is -0.143. The first-order chi connectivity index (χ1) is 19.0. The van der Waals surface area contributed by atoms with Gasteiger partial charge in [-0.25, -0.2) is 18.1 Å². The Kier molecular flexibility index (Phi) is 7.50. The number of carbonyl (C=O) groups is 2. The Balaban J connectivity index is 1.37. The maximum atomic E-state index is 13.5. The Morgan fingerprint density at radius 3 is 2.42 bits per heavy atom. The molecule has 0 bridgehead atoms. The third-order valence-corrected chi connectivity index (χ3v) is 6.93. The Bertz CT molecular complexity index is 1330. The molecule has 0 saturated heterocycles. The fourth-order valence-electron chi connectivity index (χ4n) is 4.90. The highest BCUT2D eigenvalue weighted by molar-refractivity contribution is 6.00. The van der Waals surface area contributed by atoms with Crippen molar-refractivity contribution in [3.8, 4) is 0 Å². The normalized spacial score (nSPS) is 17.3. The minimum absolute atomic E-state index is 0.0533. The number of halogens is 5. The molecule has 2 atom stereocenters. The monoisotopic (exact) mass is 572 g/mol. The van der Waals surface area contributed by atoms with Crippen molar-refractivity contribution in [2.24, 2.45) is 17.8 Å². The highest BCUT2D eigenvalue weighted by Crippen LogP contribution is 2.51. The van der Waals surface area contributed by atoms with E-state index in [1.54, 1.807) is 0 Å². The summed E-state index contributed by atoms with van der Waals surface area (Å²) in [5, 5.41) is 26.6. The smallest absolute Gasteiger partial charge is 0.338 e. The van der Waals surface area contributed by atoms with E-state index in [2.05, 4.69) is 46.2 Å². The van der Waals surface area contributed by atoms with Gasteiger partial charge in [-0.3, -0.25) is 14.3 Å². The largest absolute Gasteiger partial charge is 0.408 e. The van der Waals surface area contributed by atoms with Gasteiger partial charge in [0.2, 0.25) is 12.3 Å². The molecule has 3 aromatic rings. The average molecular weight is 572 g/mol. The highest BCUT2D eigenvalue weighted by Gasteiger charge is 2.48. The molecule has 2 fully saturated rings. The van der Waals surface area contributed by atoms with Crippen LogP contribution in [0.3, 0.4) is 0 Å². The van der Waals surface area contributed by atoms with E-state index in [4.69, 9.17) is 0 Å². The zero-order chi connectivity index (χ0) is 28.6. The van der Waals surface area contributed by atoms with Crippen molar-refractivity contribution in [1.82, 2.24) is 45.6 Å². The van der Waals surface area contributed by atoms with E-state index in [1.807, 2.05) is 0 Å². The lowest BCUT2D eigenvalue weighted by atomic mass is 9.88. The van der Waals surface area contributed by atoms with Gasteiger partial charge in [-0.2, -0.15) is 18.3 Å². The number of hydrogen-bond acceptors (Lipinski definition) is 9. The molecule has 3 heterocycles. The van der Waals surface area contributed by atoms with Gasteiger partial charge in [0.05, 0.1) is 11.9 Å². The summed E-state index contributed by atoms with van der Waals surface area (Å²) < 4.78 is 71.7. The molecule has 18 heteroatoms. The van der Waals surface area contributed by atoms with Gasteiger partial charge in [0.15, 0.2) is 11.5 Å². The van der Waals surface area contributed by atoms with E-state index >= 15 is 0 Å². The van der Waals surface area contributed by atoms with Crippen LogP contribution in [0.25, 0.3) is 0 Å². The molecule has 40 heavy (non-hydrogen) atoms. The van der Waals surface area contributed by atoms with E-state index < -0.39 is 55.3 Å². The second-order valence-corrected chi connectivity index (χ2v) is 10.1. The molecule has 2 saturated carbocycles. The van der Waals surface area contributed by atoms with Crippen LogP contribution in [-0.4, -0.2) is 70.8 Å². The molecule has 0 aromatic carbocycles. The summed E-state index contributed by atoms with van der Waals surface area (Å²) in [6, 6.07) is -2.39. The molecule has 2 aliphatic rings. The third kappa shape index (κ3) is 6.41. The fraction of sp³-hybridized carbons (Fsp3) is 0.636. The number of rotatable bonds is 12. The molecular weight excluding hydrogens is 547 g/mol. The minimum Gasteiger partial charge on any atom is -0.338 e. The Labute approximate surface area is 222 Å². The Hall–Kier alpha value is -3.99. The van der Waals surface area contributed by atoms with Gasteiger partial charge in [-0.05, 0) is 65.9 Å². The molecule has 13 nitrogen and oxygen atoms in total. The van der Waals surface area contributed by atoms with E-state index in [-0.39, 0.29) is 34.8 Å². The summed E-state index contributed by atoms with van der Waals surface area (Å²) in [7, 11) is 0. The number of aryl methyl sites for hydroxylation is 1. The van der Waals surface area contributed by atoms with E-state index in [0.717, 1.165) is 30.4 Å². The van der Waals surface area contributed by atoms with Crippen LogP contribution in [0.5, 0.6) is 0 Å². The van der Waals surface area contributed by atoms with Gasteiger partial charge in [0, 0.05) is 12.6 Å². The molecule has 2 aliphatic carbocycles. The summed E-state index contributed by atoms with van der Waals surface area (Å²) in [6.45, 7) is -0.0411. The van der Waals surface area contributed by atoms with Crippen molar-refractivity contribution in [1.29, 1.82) is 0 Å². The van der Waals surface area contributed by atoms with Gasteiger partial charge in [-0.15, -0.1) is 5.10 Å². The summed E-state index contributed by atoms with van der Waals surface area (Å²) in [6.07, 6.45) is -2.49. The second-order valence-electron chi connectivity index (χ2n) is 10.1. The van der Waals surface area contributed by atoms with Crippen molar-refractivity contribution in [3.63, 3.8) is 0 Å². The summed E-state index contributed by atoms with van der Waals surface area (Å²) >= 11 is 0. The molecule has 2 N–H and O–H groups in total. The van der Waals surface area contributed by atoms with Crippen LogP contribution in [0.1, 0.15) is 60.2 Å². The molecular formula is C22H25F5N10O3. The maximum absolute atomic E-state index is 13.5. The maximum Gasteiger partial charge on any atom is 0.408 e. The number of nitrogens with zero attached hydrogens (tertiary/aromatic N) is 8.